The summed E-state index contributed by atoms with van der Waals surface area (Å²) in [5.74, 6) is -0.445. The summed E-state index contributed by atoms with van der Waals surface area (Å²) in [5, 5.41) is 12.1. The van der Waals surface area contributed by atoms with E-state index in [0.29, 0.717) is 51.5 Å². The van der Waals surface area contributed by atoms with Crippen LogP contribution in [0, 0.1) is 0 Å². The highest BCUT2D eigenvalue weighted by Crippen LogP contribution is 2.45. The number of aliphatic hydroxyl groups is 1. The van der Waals surface area contributed by atoms with Gasteiger partial charge in [0.25, 0.3) is 5.78 Å². The average Bonchev–Trinajstić information content (AvgIpc) is 3.47. The monoisotopic (exact) mass is 562 g/mol. The summed E-state index contributed by atoms with van der Waals surface area (Å²) in [6.07, 6.45) is 1.96. The molecule has 0 spiro atoms. The number of carbonyl (C=O) groups is 2. The van der Waals surface area contributed by atoms with Gasteiger partial charge in [0.05, 0.1) is 35.0 Å². The number of unbranched alkanes of at least 4 members (excludes halogenated alkanes) is 1. The topological polar surface area (TPSA) is 89.0 Å². The van der Waals surface area contributed by atoms with Crippen LogP contribution < -0.4 is 14.4 Å². The highest BCUT2D eigenvalue weighted by molar-refractivity contribution is 7.22. The van der Waals surface area contributed by atoms with Crippen molar-refractivity contribution in [2.75, 3.05) is 18.1 Å². The molecule has 1 atom stereocenters. The maximum atomic E-state index is 13.5. The molecule has 3 aromatic carbocycles. The Labute approximate surface area is 235 Å². The van der Waals surface area contributed by atoms with Crippen molar-refractivity contribution in [2.24, 2.45) is 0 Å². The van der Waals surface area contributed by atoms with Crippen molar-refractivity contribution in [3.63, 3.8) is 0 Å². The Morgan fingerprint density at radius 1 is 1.00 bits per heavy atom. The van der Waals surface area contributed by atoms with Crippen LogP contribution in [0.25, 0.3) is 16.0 Å². The number of thiazole rings is 1. The molecular weight excluding hydrogens is 536 g/mol. The van der Waals surface area contributed by atoms with E-state index in [1.54, 1.807) is 48.5 Å². The molecule has 200 valence electrons. The van der Waals surface area contributed by atoms with Crippen molar-refractivity contribution in [1.82, 2.24) is 4.98 Å². The standard InChI is InChI=1S/C30H27ClN2O5S/c1-3-5-16-38-21-12-8-18(9-13-21)26-25(27(34)19-6-10-20(31)11-7-19)28(35)29(36)33(26)30-32-23-15-14-22(37-4-2)17-24(23)39-30/h6-15,17,26,34H,3-5,16H2,1-2H3/b27-25+. The summed E-state index contributed by atoms with van der Waals surface area (Å²) in [7, 11) is 0. The third-order valence-corrected chi connectivity index (χ3v) is 7.66. The Bertz CT molecular complexity index is 1550. The van der Waals surface area contributed by atoms with Crippen LogP contribution >= 0.6 is 22.9 Å². The van der Waals surface area contributed by atoms with Crippen LogP contribution in [0.3, 0.4) is 0 Å². The van der Waals surface area contributed by atoms with Gasteiger partial charge in [-0.05, 0) is 73.5 Å². The summed E-state index contributed by atoms with van der Waals surface area (Å²) in [5.41, 5.74) is 1.68. The van der Waals surface area contributed by atoms with Crippen molar-refractivity contribution in [2.45, 2.75) is 32.7 Å². The third kappa shape index (κ3) is 5.35. The number of ketones is 1. The summed E-state index contributed by atoms with van der Waals surface area (Å²) >= 11 is 7.31. The molecule has 1 amide bonds. The van der Waals surface area contributed by atoms with E-state index in [4.69, 9.17) is 21.1 Å². The number of fused-ring (bicyclic) bond motifs is 1. The first kappa shape index (κ1) is 26.7. The van der Waals surface area contributed by atoms with E-state index in [-0.39, 0.29) is 11.3 Å². The molecule has 1 aliphatic rings. The first-order valence-corrected chi connectivity index (χ1v) is 13.9. The molecular formula is C30H27ClN2O5S. The molecule has 1 N–H and O–H groups in total. The van der Waals surface area contributed by atoms with Crippen LogP contribution in [-0.2, 0) is 9.59 Å². The van der Waals surface area contributed by atoms with Gasteiger partial charge < -0.3 is 14.6 Å². The lowest BCUT2D eigenvalue weighted by Crippen LogP contribution is -2.29. The molecule has 1 fully saturated rings. The Kier molecular flexibility index (Phi) is 7.86. The summed E-state index contributed by atoms with van der Waals surface area (Å²) in [4.78, 5) is 33.0. The predicted octanol–water partition coefficient (Wildman–Crippen LogP) is 7.15. The second-order valence-corrected chi connectivity index (χ2v) is 10.5. The molecule has 39 heavy (non-hydrogen) atoms. The molecule has 1 aromatic heterocycles. The van der Waals surface area contributed by atoms with Crippen molar-refractivity contribution >= 4 is 55.7 Å². The normalized spacial score (nSPS) is 16.7. The van der Waals surface area contributed by atoms with Gasteiger partial charge in [0, 0.05) is 10.6 Å². The predicted molar refractivity (Wildman–Crippen MR) is 154 cm³/mol. The number of Topliss-reactive ketones (excluding diaryl/α,β-unsaturated/α-hetero) is 1. The van der Waals surface area contributed by atoms with E-state index in [2.05, 4.69) is 11.9 Å². The Morgan fingerprint density at radius 3 is 2.41 bits per heavy atom. The van der Waals surface area contributed by atoms with E-state index in [0.717, 1.165) is 17.5 Å². The van der Waals surface area contributed by atoms with Gasteiger partial charge in [-0.25, -0.2) is 4.98 Å². The second kappa shape index (κ2) is 11.5. The second-order valence-electron chi connectivity index (χ2n) is 9.01. The molecule has 0 aliphatic carbocycles. The highest BCUT2D eigenvalue weighted by Gasteiger charge is 2.48. The largest absolute Gasteiger partial charge is 0.507 e. The first-order chi connectivity index (χ1) is 18.9. The molecule has 9 heteroatoms. The molecule has 0 saturated carbocycles. The lowest BCUT2D eigenvalue weighted by molar-refractivity contribution is -0.132. The zero-order valence-corrected chi connectivity index (χ0v) is 23.1. The molecule has 7 nitrogen and oxygen atoms in total. The fourth-order valence-electron chi connectivity index (χ4n) is 4.44. The number of aliphatic hydroxyl groups excluding tert-OH is 1. The van der Waals surface area contributed by atoms with Crippen LogP contribution in [0.5, 0.6) is 11.5 Å². The molecule has 2 heterocycles. The van der Waals surface area contributed by atoms with E-state index in [1.807, 2.05) is 25.1 Å². The quantitative estimate of drug-likeness (QED) is 0.101. The summed E-state index contributed by atoms with van der Waals surface area (Å²) < 4.78 is 12.2. The van der Waals surface area contributed by atoms with Crippen molar-refractivity contribution in [3.05, 3.63) is 88.5 Å². The van der Waals surface area contributed by atoms with Crippen LogP contribution in [0.1, 0.15) is 43.9 Å². The number of ether oxygens (including phenoxy) is 2. The Hall–Kier alpha value is -3.88. The minimum atomic E-state index is -0.891. The molecule has 4 aromatic rings. The summed E-state index contributed by atoms with van der Waals surface area (Å²) in [6.45, 7) is 5.12. The summed E-state index contributed by atoms with van der Waals surface area (Å²) in [6, 6.07) is 18.3. The molecule has 1 saturated heterocycles. The number of nitrogens with zero attached hydrogens (tertiary/aromatic N) is 2. The van der Waals surface area contributed by atoms with Crippen molar-refractivity contribution < 1.29 is 24.2 Å². The van der Waals surface area contributed by atoms with Gasteiger partial charge in [-0.1, -0.05) is 48.4 Å². The average molecular weight is 563 g/mol. The van der Waals surface area contributed by atoms with E-state index in [9.17, 15) is 14.7 Å². The minimum absolute atomic E-state index is 0.0174. The number of halogens is 1. The van der Waals surface area contributed by atoms with Crippen molar-refractivity contribution in [3.8, 4) is 11.5 Å². The first-order valence-electron chi connectivity index (χ1n) is 12.7. The van der Waals surface area contributed by atoms with Gasteiger partial charge in [0.1, 0.15) is 17.3 Å². The Balaban J connectivity index is 1.62. The number of aromatic nitrogens is 1. The zero-order chi connectivity index (χ0) is 27.5. The zero-order valence-electron chi connectivity index (χ0n) is 21.5. The highest BCUT2D eigenvalue weighted by atomic mass is 35.5. The van der Waals surface area contributed by atoms with E-state index < -0.39 is 17.7 Å². The number of hydrogen-bond acceptors (Lipinski definition) is 7. The number of amides is 1. The van der Waals surface area contributed by atoms with E-state index >= 15 is 0 Å². The minimum Gasteiger partial charge on any atom is -0.507 e. The van der Waals surface area contributed by atoms with Crippen LogP contribution in [-0.4, -0.2) is 35.0 Å². The van der Waals surface area contributed by atoms with Gasteiger partial charge in [0.15, 0.2) is 5.13 Å². The van der Waals surface area contributed by atoms with Crippen LogP contribution in [0.2, 0.25) is 5.02 Å². The van der Waals surface area contributed by atoms with Crippen LogP contribution in [0.4, 0.5) is 5.13 Å². The smallest absolute Gasteiger partial charge is 0.301 e. The third-order valence-electron chi connectivity index (χ3n) is 6.39. The van der Waals surface area contributed by atoms with Gasteiger partial charge in [-0.2, -0.15) is 0 Å². The number of anilines is 1. The molecule has 0 bridgehead atoms. The number of carbonyl (C=O) groups excluding carboxylic acids is 2. The maximum absolute atomic E-state index is 13.5. The number of hydrogen-bond donors (Lipinski definition) is 1. The fraction of sp³-hybridized carbons (Fsp3) is 0.233. The van der Waals surface area contributed by atoms with Crippen LogP contribution in [0.15, 0.2) is 72.3 Å². The maximum Gasteiger partial charge on any atom is 0.301 e. The number of rotatable bonds is 9. The molecule has 1 aliphatic heterocycles. The lowest BCUT2D eigenvalue weighted by atomic mass is 9.95. The molecule has 1 unspecified atom stereocenters. The van der Waals surface area contributed by atoms with Crippen molar-refractivity contribution in [1.29, 1.82) is 0 Å². The fourth-order valence-corrected chi connectivity index (χ4v) is 5.59. The lowest BCUT2D eigenvalue weighted by Gasteiger charge is -2.23. The molecule has 0 radical (unpaired) electrons. The van der Waals surface area contributed by atoms with Gasteiger partial charge in [0.2, 0.25) is 0 Å². The number of benzene rings is 3. The Morgan fingerprint density at radius 2 is 1.72 bits per heavy atom. The van der Waals surface area contributed by atoms with Gasteiger partial charge in [-0.3, -0.25) is 14.5 Å². The van der Waals surface area contributed by atoms with Gasteiger partial charge >= 0.3 is 5.91 Å². The van der Waals surface area contributed by atoms with Gasteiger partial charge in [-0.15, -0.1) is 0 Å². The SMILES string of the molecule is CCCCOc1ccc(C2/C(=C(\O)c3ccc(Cl)cc3)C(=O)C(=O)N2c2nc3ccc(OCC)cc3s2)cc1. The van der Waals surface area contributed by atoms with E-state index in [1.165, 1.54) is 16.2 Å². The molecule has 5 rings (SSSR count).